The van der Waals surface area contributed by atoms with Crippen LogP contribution >= 0.6 is 0 Å². The summed E-state index contributed by atoms with van der Waals surface area (Å²) in [5, 5.41) is 20.9. The predicted octanol–water partition coefficient (Wildman–Crippen LogP) is -1.83. The van der Waals surface area contributed by atoms with Crippen molar-refractivity contribution in [3.8, 4) is 0 Å². The maximum absolute atomic E-state index is 8.91. The maximum atomic E-state index is 8.91. The Morgan fingerprint density at radius 1 is 1.00 bits per heavy atom. The van der Waals surface area contributed by atoms with Gasteiger partial charge in [-0.25, -0.2) is 0 Å². The first-order chi connectivity index (χ1) is 7.93. The first-order valence-corrected chi connectivity index (χ1v) is 6.09. The summed E-state index contributed by atoms with van der Waals surface area (Å²) in [5.41, 5.74) is 10.3. The fourth-order valence-electron chi connectivity index (χ4n) is 1.31. The van der Waals surface area contributed by atoms with Crippen LogP contribution in [-0.2, 0) is 0 Å². The van der Waals surface area contributed by atoms with E-state index >= 15 is 0 Å². The van der Waals surface area contributed by atoms with Gasteiger partial charge in [-0.1, -0.05) is 0 Å². The monoisotopic (exact) mass is 250 g/mol. The van der Waals surface area contributed by atoms with Crippen LogP contribution < -0.4 is 16.8 Å². The van der Waals surface area contributed by atoms with Crippen molar-refractivity contribution in [3.05, 3.63) is 0 Å². The lowest BCUT2D eigenvalue weighted by atomic mass is 10.3. The first-order valence-electron chi connectivity index (χ1n) is 6.09. The van der Waals surface area contributed by atoms with E-state index in [4.69, 9.17) is 21.7 Å². The highest BCUT2D eigenvalue weighted by Gasteiger charge is 2.04. The third kappa shape index (κ3) is 21.6. The molecule has 0 heterocycles. The summed E-state index contributed by atoms with van der Waals surface area (Å²) >= 11 is 0. The number of nitrogens with two attached hydrogens (primary N) is 2. The molecule has 0 aliphatic heterocycles. The van der Waals surface area contributed by atoms with Crippen LogP contribution in [0, 0.1) is 0 Å². The van der Waals surface area contributed by atoms with E-state index in [-0.39, 0.29) is 12.2 Å². The topological polar surface area (TPSA) is 108 Å². The van der Waals surface area contributed by atoms with Gasteiger partial charge in [-0.15, -0.1) is 0 Å². The van der Waals surface area contributed by atoms with Gasteiger partial charge in [-0.3, -0.25) is 0 Å². The molecule has 0 rings (SSSR count). The summed E-state index contributed by atoms with van der Waals surface area (Å²) in [6.07, 6.45) is -0.632. The largest absolute Gasteiger partial charge is 0.392 e. The minimum atomic E-state index is -0.316. The number of rotatable bonds is 8. The lowest BCUT2D eigenvalue weighted by Crippen LogP contribution is -2.32. The molecule has 0 aliphatic rings. The maximum Gasteiger partial charge on any atom is 0.0638 e. The highest BCUT2D eigenvalue weighted by atomic mass is 16.3. The zero-order chi connectivity index (χ0) is 13.7. The number of aliphatic hydroxyl groups is 2. The van der Waals surface area contributed by atoms with Crippen LogP contribution in [0.1, 0.15) is 13.8 Å². The van der Waals surface area contributed by atoms with E-state index in [1.54, 1.807) is 13.8 Å². The molecule has 0 amide bonds. The van der Waals surface area contributed by atoms with Gasteiger partial charge in [0.05, 0.1) is 12.2 Å². The third-order valence-electron chi connectivity index (χ3n) is 1.79. The quantitative estimate of drug-likeness (QED) is 0.324. The fraction of sp³-hybridized carbons (Fsp3) is 1.00. The molecule has 0 aliphatic carbocycles. The summed E-state index contributed by atoms with van der Waals surface area (Å²) < 4.78 is 0. The van der Waals surface area contributed by atoms with Crippen LogP contribution in [0.25, 0.3) is 0 Å². The SMILES string of the molecule is CC(O)CN(C)CC(C)O.NCCNCCN. The number of hydrogen-bond donors (Lipinski definition) is 5. The Kier molecular flexibility index (Phi) is 15.5. The van der Waals surface area contributed by atoms with Crippen molar-refractivity contribution in [1.29, 1.82) is 0 Å². The van der Waals surface area contributed by atoms with Crippen LogP contribution in [0.3, 0.4) is 0 Å². The molecule has 6 heteroatoms. The highest BCUT2D eigenvalue weighted by Crippen LogP contribution is 1.90. The molecule has 0 aromatic heterocycles. The van der Waals surface area contributed by atoms with Crippen molar-refractivity contribution in [2.45, 2.75) is 26.1 Å². The zero-order valence-electron chi connectivity index (χ0n) is 11.4. The summed E-state index contributed by atoms with van der Waals surface area (Å²) in [7, 11) is 1.87. The van der Waals surface area contributed by atoms with Gasteiger partial charge in [0.15, 0.2) is 0 Å². The normalized spacial score (nSPS) is 14.1. The molecule has 0 aromatic carbocycles. The number of hydrogen-bond acceptors (Lipinski definition) is 6. The van der Waals surface area contributed by atoms with E-state index in [0.29, 0.717) is 26.2 Å². The van der Waals surface area contributed by atoms with Crippen molar-refractivity contribution >= 4 is 0 Å². The second-order valence-electron chi connectivity index (χ2n) is 4.25. The van der Waals surface area contributed by atoms with Crippen molar-refractivity contribution in [2.75, 3.05) is 46.3 Å². The number of nitrogens with zero attached hydrogens (tertiary/aromatic N) is 1. The van der Waals surface area contributed by atoms with Gasteiger partial charge < -0.3 is 31.9 Å². The van der Waals surface area contributed by atoms with Crippen LogP contribution in [0.15, 0.2) is 0 Å². The molecule has 0 bridgehead atoms. The minimum absolute atomic E-state index is 0.316. The molecule has 0 spiro atoms. The second kappa shape index (κ2) is 13.8. The van der Waals surface area contributed by atoms with Crippen LogP contribution in [0.4, 0.5) is 0 Å². The van der Waals surface area contributed by atoms with E-state index in [2.05, 4.69) is 5.32 Å². The van der Waals surface area contributed by atoms with Gasteiger partial charge >= 0.3 is 0 Å². The molecular formula is C11H30N4O2. The van der Waals surface area contributed by atoms with Gasteiger partial charge in [0.2, 0.25) is 0 Å². The number of nitrogens with one attached hydrogen (secondary N) is 1. The Morgan fingerprint density at radius 3 is 1.59 bits per heavy atom. The van der Waals surface area contributed by atoms with Gasteiger partial charge in [0.1, 0.15) is 0 Å². The van der Waals surface area contributed by atoms with Crippen LogP contribution in [0.5, 0.6) is 0 Å². The van der Waals surface area contributed by atoms with Crippen LogP contribution in [-0.4, -0.2) is 73.6 Å². The average molecular weight is 250 g/mol. The molecular weight excluding hydrogens is 220 g/mol. The Bertz CT molecular complexity index is 131. The summed E-state index contributed by atoms with van der Waals surface area (Å²) in [6, 6.07) is 0. The molecule has 0 saturated carbocycles. The summed E-state index contributed by atoms with van der Waals surface area (Å²) in [4.78, 5) is 1.90. The Balaban J connectivity index is 0. The average Bonchev–Trinajstić information content (AvgIpc) is 2.16. The van der Waals surface area contributed by atoms with Crippen LogP contribution in [0.2, 0.25) is 0 Å². The summed E-state index contributed by atoms with van der Waals surface area (Å²) in [6.45, 7) is 7.83. The molecule has 6 nitrogen and oxygen atoms in total. The standard InChI is InChI=1S/C7H17NO2.C4H13N3/c1-6(9)4-8(3)5-7(2)10;5-1-3-7-4-2-6/h6-7,9-10H,4-5H2,1-3H3;7H,1-6H2. The van der Waals surface area contributed by atoms with E-state index < -0.39 is 0 Å². The van der Waals surface area contributed by atoms with E-state index in [1.165, 1.54) is 0 Å². The smallest absolute Gasteiger partial charge is 0.0638 e. The van der Waals surface area contributed by atoms with Crippen molar-refractivity contribution in [3.63, 3.8) is 0 Å². The van der Waals surface area contributed by atoms with Gasteiger partial charge in [-0.2, -0.15) is 0 Å². The van der Waals surface area contributed by atoms with Gasteiger partial charge in [-0.05, 0) is 20.9 Å². The van der Waals surface area contributed by atoms with E-state index in [1.807, 2.05) is 11.9 Å². The molecule has 0 aromatic rings. The molecule has 0 saturated heterocycles. The molecule has 17 heavy (non-hydrogen) atoms. The third-order valence-corrected chi connectivity index (χ3v) is 1.79. The molecule has 7 N–H and O–H groups in total. The van der Waals surface area contributed by atoms with Crippen molar-refractivity contribution in [1.82, 2.24) is 10.2 Å². The second-order valence-corrected chi connectivity index (χ2v) is 4.25. The van der Waals surface area contributed by atoms with Crippen molar-refractivity contribution in [2.24, 2.45) is 11.5 Å². The lowest BCUT2D eigenvalue weighted by Gasteiger charge is -2.19. The minimum Gasteiger partial charge on any atom is -0.392 e. The molecule has 2 atom stereocenters. The first kappa shape index (κ1) is 19.1. The van der Waals surface area contributed by atoms with Gasteiger partial charge in [0.25, 0.3) is 0 Å². The van der Waals surface area contributed by atoms with Crippen molar-refractivity contribution < 1.29 is 10.2 Å². The van der Waals surface area contributed by atoms with Gasteiger partial charge in [0, 0.05) is 39.3 Å². The molecule has 106 valence electrons. The van der Waals surface area contributed by atoms with E-state index in [9.17, 15) is 0 Å². The van der Waals surface area contributed by atoms with E-state index in [0.717, 1.165) is 13.1 Å². The zero-order valence-corrected chi connectivity index (χ0v) is 11.4. The Labute approximate surface area is 105 Å². The number of likely N-dealkylation sites (N-methyl/N-ethyl adjacent to an activating group) is 1. The Morgan fingerprint density at radius 2 is 1.35 bits per heavy atom. The fourth-order valence-corrected chi connectivity index (χ4v) is 1.31. The molecule has 0 fully saturated rings. The molecule has 0 radical (unpaired) electrons. The highest BCUT2D eigenvalue weighted by molar-refractivity contribution is 4.58. The number of aliphatic hydroxyl groups excluding tert-OH is 2. The Hall–Kier alpha value is -0.240. The predicted molar refractivity (Wildman–Crippen MR) is 71.8 cm³/mol. The lowest BCUT2D eigenvalue weighted by molar-refractivity contribution is 0.0990. The summed E-state index contributed by atoms with van der Waals surface area (Å²) in [5.74, 6) is 0. The molecule has 2 unspecified atom stereocenters.